The van der Waals surface area contributed by atoms with Crippen LogP contribution in [0.15, 0.2) is 36.4 Å². The van der Waals surface area contributed by atoms with E-state index < -0.39 is 6.04 Å². The Labute approximate surface area is 144 Å². The molecule has 2 rings (SSSR count). The Hall–Kier alpha value is -2.14. The Bertz CT molecular complexity index is 571. The van der Waals surface area contributed by atoms with Gasteiger partial charge in [0.05, 0.1) is 0 Å². The van der Waals surface area contributed by atoms with Crippen molar-refractivity contribution in [3.8, 4) is 0 Å². The van der Waals surface area contributed by atoms with Crippen LogP contribution in [0.1, 0.15) is 32.3 Å². The molecule has 1 heterocycles. The third-order valence-corrected chi connectivity index (χ3v) is 4.40. The number of nitrogens with zero attached hydrogens (tertiary/aromatic N) is 1. The van der Waals surface area contributed by atoms with Crippen LogP contribution in [0, 0.1) is 0 Å². The Morgan fingerprint density at radius 2 is 2.08 bits per heavy atom. The standard InChI is InChI=1S/C19H27N3O2/c1-3-22-13-7-10-17(22)14-20-19(24)15(2)21-18(23)12-11-16-8-5-4-6-9-16/h4-6,8-9,11-12,15,17H,3,7,10,13-14H2,1-2H3,(H,20,24)(H,21,23)/b12-11+. The molecule has 2 N–H and O–H groups in total. The lowest BCUT2D eigenvalue weighted by atomic mass is 10.2. The highest BCUT2D eigenvalue weighted by Crippen LogP contribution is 2.15. The fourth-order valence-corrected chi connectivity index (χ4v) is 2.98. The van der Waals surface area contributed by atoms with Crippen LogP contribution in [-0.4, -0.2) is 48.4 Å². The average molecular weight is 329 g/mol. The fourth-order valence-electron chi connectivity index (χ4n) is 2.98. The van der Waals surface area contributed by atoms with Crippen molar-refractivity contribution in [2.45, 2.75) is 38.8 Å². The highest BCUT2D eigenvalue weighted by molar-refractivity contribution is 5.95. The molecule has 0 saturated carbocycles. The number of benzene rings is 1. The lowest BCUT2D eigenvalue weighted by Gasteiger charge is -2.23. The van der Waals surface area contributed by atoms with Crippen molar-refractivity contribution in [1.82, 2.24) is 15.5 Å². The van der Waals surface area contributed by atoms with Gasteiger partial charge in [0.15, 0.2) is 0 Å². The van der Waals surface area contributed by atoms with Crippen LogP contribution in [-0.2, 0) is 9.59 Å². The van der Waals surface area contributed by atoms with Gasteiger partial charge in [0.25, 0.3) is 0 Å². The van der Waals surface area contributed by atoms with E-state index in [9.17, 15) is 9.59 Å². The summed E-state index contributed by atoms with van der Waals surface area (Å²) in [6.45, 7) is 6.61. The molecule has 1 saturated heterocycles. The highest BCUT2D eigenvalue weighted by atomic mass is 16.2. The molecule has 1 aromatic carbocycles. The maximum atomic E-state index is 12.1. The molecule has 1 fully saturated rings. The van der Waals surface area contributed by atoms with Crippen molar-refractivity contribution in [2.75, 3.05) is 19.6 Å². The van der Waals surface area contributed by atoms with Crippen molar-refractivity contribution in [2.24, 2.45) is 0 Å². The normalized spacial score (nSPS) is 19.3. The second-order valence-electron chi connectivity index (χ2n) is 6.14. The summed E-state index contributed by atoms with van der Waals surface area (Å²) in [5.41, 5.74) is 0.950. The van der Waals surface area contributed by atoms with Gasteiger partial charge in [-0.15, -0.1) is 0 Å². The zero-order valence-electron chi connectivity index (χ0n) is 14.5. The quantitative estimate of drug-likeness (QED) is 0.750. The average Bonchev–Trinajstić information content (AvgIpc) is 3.06. The van der Waals surface area contributed by atoms with Crippen LogP contribution in [0.4, 0.5) is 0 Å². The molecule has 1 aliphatic rings. The molecule has 2 amide bonds. The van der Waals surface area contributed by atoms with Gasteiger partial charge in [-0.25, -0.2) is 0 Å². The van der Waals surface area contributed by atoms with Gasteiger partial charge >= 0.3 is 0 Å². The largest absolute Gasteiger partial charge is 0.353 e. The first-order valence-corrected chi connectivity index (χ1v) is 8.65. The van der Waals surface area contributed by atoms with Gasteiger partial charge in [0.2, 0.25) is 11.8 Å². The molecule has 0 aromatic heterocycles. The maximum Gasteiger partial charge on any atom is 0.244 e. The molecule has 5 heteroatoms. The third-order valence-electron chi connectivity index (χ3n) is 4.40. The molecule has 0 aliphatic carbocycles. The van der Waals surface area contributed by atoms with Crippen molar-refractivity contribution in [1.29, 1.82) is 0 Å². The summed E-state index contributed by atoms with van der Waals surface area (Å²) in [7, 11) is 0. The predicted molar refractivity (Wildman–Crippen MR) is 96.4 cm³/mol. The number of amides is 2. The lowest BCUT2D eigenvalue weighted by Crippen LogP contribution is -2.48. The zero-order chi connectivity index (χ0) is 17.4. The number of carbonyl (C=O) groups excluding carboxylic acids is 2. The SMILES string of the molecule is CCN1CCCC1CNC(=O)C(C)NC(=O)/C=C/c1ccccc1. The van der Waals surface area contributed by atoms with Gasteiger partial charge in [-0.2, -0.15) is 0 Å². The molecular weight excluding hydrogens is 302 g/mol. The van der Waals surface area contributed by atoms with Crippen molar-refractivity contribution in [3.63, 3.8) is 0 Å². The van der Waals surface area contributed by atoms with Crippen LogP contribution in [0.5, 0.6) is 0 Å². The third kappa shape index (κ3) is 5.49. The monoisotopic (exact) mass is 329 g/mol. The lowest BCUT2D eigenvalue weighted by molar-refractivity contribution is -0.126. The summed E-state index contributed by atoms with van der Waals surface area (Å²) in [6.07, 6.45) is 5.49. The van der Waals surface area contributed by atoms with E-state index in [0.29, 0.717) is 12.6 Å². The van der Waals surface area contributed by atoms with Crippen molar-refractivity contribution >= 4 is 17.9 Å². The van der Waals surface area contributed by atoms with E-state index in [2.05, 4.69) is 22.5 Å². The van der Waals surface area contributed by atoms with Gasteiger partial charge in [0.1, 0.15) is 6.04 Å². The number of hydrogen-bond donors (Lipinski definition) is 2. The van der Waals surface area contributed by atoms with E-state index in [1.165, 1.54) is 12.5 Å². The molecule has 2 unspecified atom stereocenters. The van der Waals surface area contributed by atoms with Gasteiger partial charge < -0.3 is 10.6 Å². The van der Waals surface area contributed by atoms with Gasteiger partial charge in [-0.3, -0.25) is 14.5 Å². The Balaban J connectivity index is 1.74. The second kappa shape index (κ2) is 9.23. The van der Waals surface area contributed by atoms with E-state index in [0.717, 1.165) is 25.1 Å². The minimum atomic E-state index is -0.547. The highest BCUT2D eigenvalue weighted by Gasteiger charge is 2.24. The molecule has 1 aliphatic heterocycles. The minimum Gasteiger partial charge on any atom is -0.353 e. The predicted octanol–water partition coefficient (Wildman–Crippen LogP) is 1.80. The van der Waals surface area contributed by atoms with Crippen molar-refractivity contribution < 1.29 is 9.59 Å². The molecule has 0 spiro atoms. The number of hydrogen-bond acceptors (Lipinski definition) is 3. The zero-order valence-corrected chi connectivity index (χ0v) is 14.5. The molecule has 1 aromatic rings. The first-order chi connectivity index (χ1) is 11.6. The molecule has 0 bridgehead atoms. The van der Waals surface area contributed by atoms with E-state index >= 15 is 0 Å². The summed E-state index contributed by atoms with van der Waals surface area (Å²) in [5.74, 6) is -0.406. The minimum absolute atomic E-state index is 0.139. The second-order valence-corrected chi connectivity index (χ2v) is 6.14. The van der Waals surface area contributed by atoms with Crippen LogP contribution < -0.4 is 10.6 Å². The Kier molecular flexibility index (Phi) is 7.00. The van der Waals surface area contributed by atoms with E-state index in [4.69, 9.17) is 0 Å². The topological polar surface area (TPSA) is 61.4 Å². The number of rotatable bonds is 7. The summed E-state index contributed by atoms with van der Waals surface area (Å²) in [6, 6.07) is 9.46. The summed E-state index contributed by atoms with van der Waals surface area (Å²) >= 11 is 0. The molecule has 2 atom stereocenters. The maximum absolute atomic E-state index is 12.1. The molecule has 0 radical (unpaired) electrons. The van der Waals surface area contributed by atoms with Crippen molar-refractivity contribution in [3.05, 3.63) is 42.0 Å². The molecule has 130 valence electrons. The van der Waals surface area contributed by atoms with E-state index in [1.807, 2.05) is 30.3 Å². The molecule has 24 heavy (non-hydrogen) atoms. The summed E-state index contributed by atoms with van der Waals surface area (Å²) in [4.78, 5) is 26.4. The number of nitrogens with one attached hydrogen (secondary N) is 2. The Morgan fingerprint density at radius 1 is 1.33 bits per heavy atom. The Morgan fingerprint density at radius 3 is 2.79 bits per heavy atom. The van der Waals surface area contributed by atoms with Crippen LogP contribution in [0.25, 0.3) is 6.08 Å². The first-order valence-electron chi connectivity index (χ1n) is 8.65. The fraction of sp³-hybridized carbons (Fsp3) is 0.474. The number of likely N-dealkylation sites (tertiary alicyclic amines) is 1. The van der Waals surface area contributed by atoms with E-state index in [-0.39, 0.29) is 11.8 Å². The first kappa shape index (κ1) is 18.2. The van der Waals surface area contributed by atoms with Crippen LogP contribution in [0.3, 0.4) is 0 Å². The summed E-state index contributed by atoms with van der Waals surface area (Å²) < 4.78 is 0. The smallest absolute Gasteiger partial charge is 0.244 e. The number of carbonyl (C=O) groups is 2. The van der Waals surface area contributed by atoms with Crippen LogP contribution >= 0.6 is 0 Å². The van der Waals surface area contributed by atoms with Gasteiger partial charge in [-0.1, -0.05) is 37.3 Å². The van der Waals surface area contributed by atoms with Crippen LogP contribution in [0.2, 0.25) is 0 Å². The van der Waals surface area contributed by atoms with Gasteiger partial charge in [-0.05, 0) is 44.5 Å². The number of likely N-dealkylation sites (N-methyl/N-ethyl adjacent to an activating group) is 1. The molecule has 5 nitrogen and oxygen atoms in total. The van der Waals surface area contributed by atoms with Gasteiger partial charge in [0, 0.05) is 18.7 Å². The molecular formula is C19H27N3O2. The van der Waals surface area contributed by atoms with E-state index in [1.54, 1.807) is 13.0 Å². The summed E-state index contributed by atoms with van der Waals surface area (Å²) in [5, 5.41) is 5.65.